The Labute approximate surface area is 54.2 Å². The Morgan fingerprint density at radius 3 is 3.11 bits per heavy atom. The van der Waals surface area contributed by atoms with E-state index >= 15 is 0 Å². The van der Waals surface area contributed by atoms with Gasteiger partial charge in [0, 0.05) is 0 Å². The second kappa shape index (κ2) is 3.44. The lowest BCUT2D eigenvalue weighted by atomic mass is 10.2. The van der Waals surface area contributed by atoms with Gasteiger partial charge in [-0.3, -0.25) is 0 Å². The first-order chi connectivity index (χ1) is 4.43. The SMILES string of the molecule is N#CCC1CCOCO1. The van der Waals surface area contributed by atoms with Gasteiger partial charge in [-0.25, -0.2) is 0 Å². The highest BCUT2D eigenvalue weighted by molar-refractivity contribution is 4.76. The average molecular weight is 127 g/mol. The summed E-state index contributed by atoms with van der Waals surface area (Å²) in [4.78, 5) is 0. The molecule has 0 saturated carbocycles. The van der Waals surface area contributed by atoms with Crippen LogP contribution in [0.4, 0.5) is 0 Å². The number of ether oxygens (including phenoxy) is 2. The van der Waals surface area contributed by atoms with E-state index in [1.165, 1.54) is 0 Å². The molecule has 1 unspecified atom stereocenters. The Hall–Kier alpha value is -0.590. The summed E-state index contributed by atoms with van der Waals surface area (Å²) in [5.41, 5.74) is 0. The van der Waals surface area contributed by atoms with Crippen LogP contribution in [0.15, 0.2) is 0 Å². The van der Waals surface area contributed by atoms with Crippen LogP contribution in [0, 0.1) is 11.3 Å². The second-order valence-corrected chi connectivity index (χ2v) is 1.97. The van der Waals surface area contributed by atoms with Crippen molar-refractivity contribution in [2.75, 3.05) is 13.4 Å². The Balaban J connectivity index is 2.17. The molecular weight excluding hydrogens is 118 g/mol. The summed E-state index contributed by atoms with van der Waals surface area (Å²) in [7, 11) is 0. The zero-order valence-electron chi connectivity index (χ0n) is 5.17. The molecule has 0 aliphatic carbocycles. The summed E-state index contributed by atoms with van der Waals surface area (Å²) in [6.45, 7) is 1.08. The zero-order chi connectivity index (χ0) is 6.53. The largest absolute Gasteiger partial charge is 0.355 e. The van der Waals surface area contributed by atoms with Crippen LogP contribution in [0.1, 0.15) is 12.8 Å². The van der Waals surface area contributed by atoms with Gasteiger partial charge in [0.1, 0.15) is 6.79 Å². The van der Waals surface area contributed by atoms with Gasteiger partial charge in [-0.15, -0.1) is 0 Å². The third-order valence-electron chi connectivity index (χ3n) is 1.29. The number of hydrogen-bond donors (Lipinski definition) is 0. The predicted molar refractivity (Wildman–Crippen MR) is 30.5 cm³/mol. The Bertz CT molecular complexity index is 113. The van der Waals surface area contributed by atoms with Crippen LogP contribution < -0.4 is 0 Å². The van der Waals surface area contributed by atoms with Gasteiger partial charge in [0.2, 0.25) is 0 Å². The Morgan fingerprint density at radius 1 is 1.67 bits per heavy atom. The molecule has 3 nitrogen and oxygen atoms in total. The molecule has 3 heteroatoms. The first-order valence-electron chi connectivity index (χ1n) is 3.00. The van der Waals surface area contributed by atoms with Crippen LogP contribution in [0.5, 0.6) is 0 Å². The monoisotopic (exact) mass is 127 g/mol. The maximum atomic E-state index is 8.25. The van der Waals surface area contributed by atoms with E-state index < -0.39 is 0 Å². The fraction of sp³-hybridized carbons (Fsp3) is 0.833. The molecule has 0 radical (unpaired) electrons. The molecule has 50 valence electrons. The van der Waals surface area contributed by atoms with E-state index in [0.717, 1.165) is 13.0 Å². The zero-order valence-corrected chi connectivity index (χ0v) is 5.17. The van der Waals surface area contributed by atoms with Crippen molar-refractivity contribution in [2.45, 2.75) is 18.9 Å². The van der Waals surface area contributed by atoms with E-state index in [1.54, 1.807) is 0 Å². The number of hydrogen-bond acceptors (Lipinski definition) is 3. The highest BCUT2D eigenvalue weighted by Crippen LogP contribution is 2.08. The van der Waals surface area contributed by atoms with Crippen molar-refractivity contribution in [3.8, 4) is 6.07 Å². The van der Waals surface area contributed by atoms with E-state index in [1.807, 2.05) is 0 Å². The molecule has 0 aromatic heterocycles. The third-order valence-corrected chi connectivity index (χ3v) is 1.29. The predicted octanol–water partition coefficient (Wildman–Crippen LogP) is 0.663. The quantitative estimate of drug-likeness (QED) is 0.519. The topological polar surface area (TPSA) is 42.2 Å². The van der Waals surface area contributed by atoms with Crippen molar-refractivity contribution in [1.29, 1.82) is 5.26 Å². The van der Waals surface area contributed by atoms with Gasteiger partial charge in [0.25, 0.3) is 0 Å². The van der Waals surface area contributed by atoms with Crippen LogP contribution in [0.2, 0.25) is 0 Å². The number of nitriles is 1. The van der Waals surface area contributed by atoms with Crippen molar-refractivity contribution >= 4 is 0 Å². The first kappa shape index (κ1) is 6.53. The van der Waals surface area contributed by atoms with Gasteiger partial charge < -0.3 is 9.47 Å². The summed E-state index contributed by atoms with van der Waals surface area (Å²) in [5.74, 6) is 0. The molecule has 0 bridgehead atoms. The van der Waals surface area contributed by atoms with Gasteiger partial charge in [-0.05, 0) is 6.42 Å². The molecule has 0 aromatic rings. The fourth-order valence-electron chi connectivity index (χ4n) is 0.764. The maximum Gasteiger partial charge on any atom is 0.147 e. The van der Waals surface area contributed by atoms with E-state index in [2.05, 4.69) is 6.07 Å². The summed E-state index contributed by atoms with van der Waals surface area (Å²) >= 11 is 0. The number of nitrogens with zero attached hydrogens (tertiary/aromatic N) is 1. The van der Waals surface area contributed by atoms with E-state index in [9.17, 15) is 0 Å². The molecule has 0 aromatic carbocycles. The summed E-state index contributed by atoms with van der Waals surface area (Å²) < 4.78 is 9.99. The molecule has 1 rings (SSSR count). The summed E-state index contributed by atoms with van der Waals surface area (Å²) in [6, 6.07) is 2.06. The molecule has 0 spiro atoms. The highest BCUT2D eigenvalue weighted by Gasteiger charge is 2.12. The van der Waals surface area contributed by atoms with E-state index in [4.69, 9.17) is 14.7 Å². The van der Waals surface area contributed by atoms with Crippen molar-refractivity contribution in [3.05, 3.63) is 0 Å². The normalized spacial score (nSPS) is 27.2. The highest BCUT2D eigenvalue weighted by atomic mass is 16.7. The van der Waals surface area contributed by atoms with Crippen LogP contribution in [-0.4, -0.2) is 19.5 Å². The first-order valence-corrected chi connectivity index (χ1v) is 3.00. The maximum absolute atomic E-state index is 8.25. The third kappa shape index (κ3) is 2.00. The minimum Gasteiger partial charge on any atom is -0.355 e. The lowest BCUT2D eigenvalue weighted by Gasteiger charge is -2.19. The molecule has 1 aliphatic heterocycles. The smallest absolute Gasteiger partial charge is 0.147 e. The molecule has 1 saturated heterocycles. The second-order valence-electron chi connectivity index (χ2n) is 1.97. The average Bonchev–Trinajstić information content (AvgIpc) is 1.91. The van der Waals surface area contributed by atoms with Crippen molar-refractivity contribution in [2.24, 2.45) is 0 Å². The Morgan fingerprint density at radius 2 is 2.56 bits per heavy atom. The van der Waals surface area contributed by atoms with Gasteiger partial charge >= 0.3 is 0 Å². The minimum atomic E-state index is 0.115. The van der Waals surface area contributed by atoms with Crippen LogP contribution in [-0.2, 0) is 9.47 Å². The van der Waals surface area contributed by atoms with Gasteiger partial charge in [-0.2, -0.15) is 5.26 Å². The van der Waals surface area contributed by atoms with Crippen LogP contribution >= 0.6 is 0 Å². The van der Waals surface area contributed by atoms with Gasteiger partial charge in [0.15, 0.2) is 0 Å². The standard InChI is InChI=1S/C6H9NO2/c7-3-1-6-2-4-8-5-9-6/h6H,1-2,4-5H2. The van der Waals surface area contributed by atoms with Gasteiger partial charge in [0.05, 0.1) is 25.2 Å². The van der Waals surface area contributed by atoms with E-state index in [-0.39, 0.29) is 6.10 Å². The van der Waals surface area contributed by atoms with Crippen LogP contribution in [0.3, 0.4) is 0 Å². The van der Waals surface area contributed by atoms with E-state index in [0.29, 0.717) is 13.2 Å². The lowest BCUT2D eigenvalue weighted by Crippen LogP contribution is -2.22. The fourth-order valence-corrected chi connectivity index (χ4v) is 0.764. The molecule has 0 amide bonds. The van der Waals surface area contributed by atoms with Crippen molar-refractivity contribution in [3.63, 3.8) is 0 Å². The van der Waals surface area contributed by atoms with Crippen molar-refractivity contribution in [1.82, 2.24) is 0 Å². The van der Waals surface area contributed by atoms with Crippen molar-refractivity contribution < 1.29 is 9.47 Å². The number of rotatable bonds is 1. The molecule has 1 aliphatic rings. The molecule has 1 heterocycles. The molecule has 1 fully saturated rings. The molecule has 9 heavy (non-hydrogen) atoms. The molecule has 1 atom stereocenters. The van der Waals surface area contributed by atoms with Crippen LogP contribution in [0.25, 0.3) is 0 Å². The summed E-state index contributed by atoms with van der Waals surface area (Å²) in [5, 5.41) is 8.25. The molecular formula is C6H9NO2. The summed E-state index contributed by atoms with van der Waals surface area (Å²) in [6.07, 6.45) is 1.46. The minimum absolute atomic E-state index is 0.115. The molecule has 0 N–H and O–H groups in total. The lowest BCUT2D eigenvalue weighted by molar-refractivity contribution is -0.136. The Kier molecular flexibility index (Phi) is 2.49. The van der Waals surface area contributed by atoms with Gasteiger partial charge in [-0.1, -0.05) is 0 Å².